The van der Waals surface area contributed by atoms with Crippen LogP contribution in [0.2, 0.25) is 0 Å². The van der Waals surface area contributed by atoms with Gasteiger partial charge in [-0.25, -0.2) is 8.78 Å². The van der Waals surface area contributed by atoms with Crippen LogP contribution in [0.25, 0.3) is 0 Å². The van der Waals surface area contributed by atoms with E-state index in [9.17, 15) is 8.78 Å². The van der Waals surface area contributed by atoms with Gasteiger partial charge >= 0.3 is 0 Å². The number of rotatable bonds is 3. The zero-order valence-electron chi connectivity index (χ0n) is 8.66. The van der Waals surface area contributed by atoms with Crippen LogP contribution in [0.3, 0.4) is 0 Å². The maximum atomic E-state index is 12.8. The topological polar surface area (TPSA) is 35.2 Å². The van der Waals surface area contributed by atoms with E-state index in [4.69, 9.17) is 10.5 Å². The smallest absolute Gasteiger partial charge is 0.159 e. The van der Waals surface area contributed by atoms with Crippen molar-refractivity contribution in [2.24, 2.45) is 5.73 Å². The third kappa shape index (κ3) is 3.14. The first-order chi connectivity index (χ1) is 7.15. The lowest BCUT2D eigenvalue weighted by atomic mass is 9.90. The molecule has 0 unspecified atom stereocenters. The predicted octanol–water partition coefficient (Wildman–Crippen LogP) is 2.39. The standard InChI is InChI=1S/C11H13F2NO.ClH/c12-10-2-1-7(3-11(10)13)6-15-9-4-8(14)5-9;/h1-3,8-9H,4-6,14H2;1H. The van der Waals surface area contributed by atoms with Gasteiger partial charge in [0.05, 0.1) is 12.7 Å². The van der Waals surface area contributed by atoms with Crippen molar-refractivity contribution in [3.05, 3.63) is 35.4 Å². The Kier molecular flexibility index (Phi) is 4.65. The van der Waals surface area contributed by atoms with Crippen molar-refractivity contribution in [1.29, 1.82) is 0 Å². The van der Waals surface area contributed by atoms with Crippen molar-refractivity contribution < 1.29 is 13.5 Å². The number of halogens is 3. The summed E-state index contributed by atoms with van der Waals surface area (Å²) in [5.74, 6) is -1.66. The summed E-state index contributed by atoms with van der Waals surface area (Å²) >= 11 is 0. The molecule has 0 heterocycles. The van der Waals surface area contributed by atoms with Crippen LogP contribution in [-0.2, 0) is 11.3 Å². The fourth-order valence-electron chi connectivity index (χ4n) is 1.59. The molecular formula is C11H14ClF2NO. The molecule has 5 heteroatoms. The molecule has 2 N–H and O–H groups in total. The Balaban J connectivity index is 0.00000128. The van der Waals surface area contributed by atoms with E-state index in [1.807, 2.05) is 0 Å². The van der Waals surface area contributed by atoms with E-state index in [1.165, 1.54) is 6.07 Å². The lowest BCUT2D eigenvalue weighted by molar-refractivity contribution is -0.0189. The average Bonchev–Trinajstić information content (AvgIpc) is 2.16. The van der Waals surface area contributed by atoms with Crippen LogP contribution in [-0.4, -0.2) is 12.1 Å². The second kappa shape index (κ2) is 5.57. The van der Waals surface area contributed by atoms with Crippen LogP contribution in [0, 0.1) is 11.6 Å². The van der Waals surface area contributed by atoms with Gasteiger partial charge in [-0.3, -0.25) is 0 Å². The normalized spacial score (nSPS) is 23.4. The molecule has 2 rings (SSSR count). The van der Waals surface area contributed by atoms with Crippen LogP contribution in [0.4, 0.5) is 8.78 Å². The van der Waals surface area contributed by atoms with Gasteiger partial charge < -0.3 is 10.5 Å². The van der Waals surface area contributed by atoms with E-state index in [2.05, 4.69) is 0 Å². The zero-order valence-corrected chi connectivity index (χ0v) is 9.47. The van der Waals surface area contributed by atoms with Crippen LogP contribution in [0.5, 0.6) is 0 Å². The second-order valence-corrected chi connectivity index (χ2v) is 3.91. The van der Waals surface area contributed by atoms with Gasteiger partial charge in [0.2, 0.25) is 0 Å². The third-order valence-electron chi connectivity index (χ3n) is 2.60. The Hall–Kier alpha value is -0.710. The highest BCUT2D eigenvalue weighted by atomic mass is 35.5. The van der Waals surface area contributed by atoms with Gasteiger partial charge in [-0.2, -0.15) is 0 Å². The summed E-state index contributed by atoms with van der Waals surface area (Å²) in [6.07, 6.45) is 1.88. The minimum atomic E-state index is -0.832. The minimum absolute atomic E-state index is 0. The number of hydrogen-bond acceptors (Lipinski definition) is 2. The molecule has 0 bridgehead atoms. The fraction of sp³-hybridized carbons (Fsp3) is 0.455. The Morgan fingerprint density at radius 2 is 1.94 bits per heavy atom. The minimum Gasteiger partial charge on any atom is -0.373 e. The molecule has 90 valence electrons. The molecule has 1 aliphatic rings. The number of hydrogen-bond donors (Lipinski definition) is 1. The summed E-state index contributed by atoms with van der Waals surface area (Å²) in [4.78, 5) is 0. The average molecular weight is 250 g/mol. The summed E-state index contributed by atoms with van der Waals surface area (Å²) in [6.45, 7) is 0.314. The number of nitrogens with two attached hydrogens (primary N) is 1. The van der Waals surface area contributed by atoms with Crippen molar-refractivity contribution in [2.75, 3.05) is 0 Å². The first kappa shape index (κ1) is 13.4. The fourth-order valence-corrected chi connectivity index (χ4v) is 1.59. The molecule has 0 radical (unpaired) electrons. The van der Waals surface area contributed by atoms with Gasteiger partial charge in [-0.05, 0) is 30.5 Å². The molecule has 0 aliphatic heterocycles. The van der Waals surface area contributed by atoms with E-state index in [1.54, 1.807) is 0 Å². The molecule has 1 aliphatic carbocycles. The highest BCUT2D eigenvalue weighted by Crippen LogP contribution is 2.22. The summed E-state index contributed by atoms with van der Waals surface area (Å²) in [5, 5.41) is 0. The molecular weight excluding hydrogens is 236 g/mol. The molecule has 0 spiro atoms. The predicted molar refractivity (Wildman–Crippen MR) is 59.4 cm³/mol. The third-order valence-corrected chi connectivity index (χ3v) is 2.60. The molecule has 0 atom stereocenters. The maximum absolute atomic E-state index is 12.8. The van der Waals surface area contributed by atoms with E-state index in [0.29, 0.717) is 12.2 Å². The van der Waals surface area contributed by atoms with Gasteiger partial charge in [0.15, 0.2) is 11.6 Å². The van der Waals surface area contributed by atoms with Crippen molar-refractivity contribution in [2.45, 2.75) is 31.6 Å². The number of ether oxygens (including phenoxy) is 1. The molecule has 1 fully saturated rings. The molecule has 0 amide bonds. The SMILES string of the molecule is Cl.NC1CC(OCc2ccc(F)c(F)c2)C1. The molecule has 0 saturated heterocycles. The lowest BCUT2D eigenvalue weighted by Crippen LogP contribution is -2.41. The summed E-state index contributed by atoms with van der Waals surface area (Å²) < 4.78 is 30.9. The van der Waals surface area contributed by atoms with Gasteiger partial charge in [-0.15, -0.1) is 12.4 Å². The molecule has 16 heavy (non-hydrogen) atoms. The van der Waals surface area contributed by atoms with Gasteiger partial charge in [0, 0.05) is 6.04 Å². The van der Waals surface area contributed by atoms with Gasteiger partial charge in [0.25, 0.3) is 0 Å². The Morgan fingerprint density at radius 3 is 2.50 bits per heavy atom. The van der Waals surface area contributed by atoms with Gasteiger partial charge in [0.1, 0.15) is 0 Å². The van der Waals surface area contributed by atoms with Crippen molar-refractivity contribution in [3.8, 4) is 0 Å². The van der Waals surface area contributed by atoms with E-state index in [0.717, 1.165) is 25.0 Å². The van der Waals surface area contributed by atoms with Crippen LogP contribution < -0.4 is 5.73 Å². The van der Waals surface area contributed by atoms with Crippen LogP contribution in [0.15, 0.2) is 18.2 Å². The lowest BCUT2D eigenvalue weighted by Gasteiger charge is -2.32. The van der Waals surface area contributed by atoms with Crippen LogP contribution >= 0.6 is 12.4 Å². The highest BCUT2D eigenvalue weighted by molar-refractivity contribution is 5.85. The monoisotopic (exact) mass is 249 g/mol. The number of benzene rings is 1. The van der Waals surface area contributed by atoms with Crippen molar-refractivity contribution in [1.82, 2.24) is 0 Å². The molecule has 1 aromatic carbocycles. The molecule has 1 saturated carbocycles. The summed E-state index contributed by atoms with van der Waals surface area (Å²) in [7, 11) is 0. The van der Waals surface area contributed by atoms with Crippen molar-refractivity contribution in [3.63, 3.8) is 0 Å². The summed E-state index contributed by atoms with van der Waals surface area (Å²) in [5.41, 5.74) is 6.24. The van der Waals surface area contributed by atoms with Gasteiger partial charge in [-0.1, -0.05) is 6.07 Å². The Labute approximate surface area is 99.2 Å². The second-order valence-electron chi connectivity index (χ2n) is 3.91. The maximum Gasteiger partial charge on any atom is 0.159 e. The van der Waals surface area contributed by atoms with Crippen LogP contribution in [0.1, 0.15) is 18.4 Å². The van der Waals surface area contributed by atoms with E-state index in [-0.39, 0.29) is 24.6 Å². The zero-order chi connectivity index (χ0) is 10.8. The molecule has 1 aromatic rings. The van der Waals surface area contributed by atoms with Crippen molar-refractivity contribution >= 4 is 12.4 Å². The Bertz CT molecular complexity index is 356. The molecule has 0 aromatic heterocycles. The highest BCUT2D eigenvalue weighted by Gasteiger charge is 2.26. The summed E-state index contributed by atoms with van der Waals surface area (Å²) in [6, 6.07) is 4.03. The molecule has 2 nitrogen and oxygen atoms in total. The Morgan fingerprint density at radius 1 is 1.25 bits per heavy atom. The first-order valence-corrected chi connectivity index (χ1v) is 4.96. The van der Waals surface area contributed by atoms with E-state index >= 15 is 0 Å². The quantitative estimate of drug-likeness (QED) is 0.893. The van der Waals surface area contributed by atoms with E-state index < -0.39 is 11.6 Å². The first-order valence-electron chi connectivity index (χ1n) is 4.96. The largest absolute Gasteiger partial charge is 0.373 e.